The second kappa shape index (κ2) is 7.42. The number of benzene rings is 2. The van der Waals surface area contributed by atoms with Crippen molar-refractivity contribution in [3.63, 3.8) is 0 Å². The predicted molar refractivity (Wildman–Crippen MR) is 97.4 cm³/mol. The maximum Gasteiger partial charge on any atom is 0.234 e. The van der Waals surface area contributed by atoms with E-state index in [4.69, 9.17) is 4.74 Å². The Morgan fingerprint density at radius 3 is 1.88 bits per heavy atom. The highest BCUT2D eigenvalue weighted by Gasteiger charge is 2.14. The summed E-state index contributed by atoms with van der Waals surface area (Å²) in [5.41, 5.74) is 2.78. The van der Waals surface area contributed by atoms with Gasteiger partial charge in [0.2, 0.25) is 5.95 Å². The molecule has 4 nitrogen and oxygen atoms in total. The lowest BCUT2D eigenvalue weighted by molar-refractivity contribution is 0.299. The lowest BCUT2D eigenvalue weighted by Gasteiger charge is -2.23. The van der Waals surface area contributed by atoms with Crippen molar-refractivity contribution in [2.24, 2.45) is 0 Å². The van der Waals surface area contributed by atoms with Crippen molar-refractivity contribution in [1.82, 2.24) is 9.97 Å². The third-order valence-corrected chi connectivity index (χ3v) is 3.51. The van der Waals surface area contributed by atoms with E-state index in [0.717, 1.165) is 16.9 Å². The maximum absolute atomic E-state index is 5.41. The summed E-state index contributed by atoms with van der Waals surface area (Å²) in [6.07, 6.45) is 3.47. The predicted octanol–water partition coefficient (Wildman–Crippen LogP) is 4.95. The first kappa shape index (κ1) is 15.7. The zero-order chi connectivity index (χ0) is 16.8. The second-order valence-electron chi connectivity index (χ2n) is 5.13. The van der Waals surface area contributed by atoms with Crippen molar-refractivity contribution in [3.05, 3.63) is 85.2 Å². The van der Waals surface area contributed by atoms with Crippen molar-refractivity contribution >= 4 is 23.1 Å². The molecule has 1 heterocycles. The number of anilines is 3. The van der Waals surface area contributed by atoms with E-state index in [1.165, 1.54) is 0 Å². The van der Waals surface area contributed by atoms with E-state index in [1.807, 2.05) is 72.5 Å². The number of rotatable bonds is 6. The summed E-state index contributed by atoms with van der Waals surface area (Å²) in [7, 11) is 0. The van der Waals surface area contributed by atoms with Gasteiger partial charge < -0.3 is 4.74 Å². The first-order valence-corrected chi connectivity index (χ1v) is 7.84. The molecule has 0 aliphatic carbocycles. The monoisotopic (exact) mass is 317 g/mol. The van der Waals surface area contributed by atoms with Crippen molar-refractivity contribution < 1.29 is 4.74 Å². The Kier molecular flexibility index (Phi) is 4.87. The average Bonchev–Trinajstić information content (AvgIpc) is 2.64. The van der Waals surface area contributed by atoms with Crippen LogP contribution in [0.1, 0.15) is 12.5 Å². The fourth-order valence-electron chi connectivity index (χ4n) is 2.37. The van der Waals surface area contributed by atoms with Crippen molar-refractivity contribution in [3.8, 4) is 0 Å². The topological polar surface area (TPSA) is 38.2 Å². The van der Waals surface area contributed by atoms with Gasteiger partial charge in [-0.25, -0.2) is 9.97 Å². The molecule has 0 unspecified atom stereocenters. The molecule has 0 spiro atoms. The minimum atomic E-state index is 0.570. The molecule has 3 rings (SSSR count). The lowest BCUT2D eigenvalue weighted by atomic mass is 10.2. The van der Waals surface area contributed by atoms with E-state index in [1.54, 1.807) is 12.4 Å². The van der Waals surface area contributed by atoms with Gasteiger partial charge >= 0.3 is 0 Å². The van der Waals surface area contributed by atoms with Crippen LogP contribution >= 0.6 is 0 Å². The molecule has 0 saturated carbocycles. The minimum Gasteiger partial charge on any atom is -0.494 e. The molecule has 0 N–H and O–H groups in total. The molecular formula is C20H19N3O. The van der Waals surface area contributed by atoms with Crippen LogP contribution in [0.4, 0.5) is 17.3 Å². The van der Waals surface area contributed by atoms with Gasteiger partial charge in [0.25, 0.3) is 0 Å². The lowest BCUT2D eigenvalue weighted by Crippen LogP contribution is -2.13. The Hall–Kier alpha value is -3.14. The number of hydrogen-bond acceptors (Lipinski definition) is 4. The van der Waals surface area contributed by atoms with Gasteiger partial charge in [-0.15, -0.1) is 0 Å². The highest BCUT2D eigenvalue weighted by molar-refractivity contribution is 5.72. The van der Waals surface area contributed by atoms with Crippen molar-refractivity contribution in [1.29, 1.82) is 0 Å². The number of ether oxygens (including phenoxy) is 1. The molecule has 0 radical (unpaired) electrons. The molecule has 0 aliphatic heterocycles. The van der Waals surface area contributed by atoms with Gasteiger partial charge in [-0.1, -0.05) is 43.0 Å². The number of aromatic nitrogens is 2. The molecule has 0 aliphatic rings. The van der Waals surface area contributed by atoms with Crippen LogP contribution in [0.25, 0.3) is 5.76 Å². The molecule has 2 aromatic carbocycles. The van der Waals surface area contributed by atoms with E-state index in [-0.39, 0.29) is 0 Å². The summed E-state index contributed by atoms with van der Waals surface area (Å²) in [4.78, 5) is 11.0. The van der Waals surface area contributed by atoms with Gasteiger partial charge in [-0.2, -0.15) is 0 Å². The van der Waals surface area contributed by atoms with Crippen LogP contribution in [0.5, 0.6) is 0 Å². The molecule has 0 bridgehead atoms. The van der Waals surface area contributed by atoms with E-state index in [0.29, 0.717) is 18.3 Å². The Morgan fingerprint density at radius 2 is 1.42 bits per heavy atom. The number of para-hydroxylation sites is 2. The zero-order valence-electron chi connectivity index (χ0n) is 13.6. The van der Waals surface area contributed by atoms with Crippen LogP contribution in [0.15, 0.2) is 79.6 Å². The SMILES string of the molecule is C=C(OCC)c1cnc(N(c2ccccc2)c2ccccc2)nc1. The standard InChI is InChI=1S/C20H19N3O/c1-3-24-16(2)17-14-21-20(22-15-17)23(18-10-6-4-7-11-18)19-12-8-5-9-13-19/h4-15H,2-3H2,1H3. The van der Waals surface area contributed by atoms with E-state index in [9.17, 15) is 0 Å². The molecular weight excluding hydrogens is 298 g/mol. The smallest absolute Gasteiger partial charge is 0.234 e. The quantitative estimate of drug-likeness (QED) is 0.603. The molecule has 1 aromatic heterocycles. The molecule has 0 saturated heterocycles. The summed E-state index contributed by atoms with van der Waals surface area (Å²) < 4.78 is 5.41. The van der Waals surface area contributed by atoms with Gasteiger partial charge in [0.15, 0.2) is 0 Å². The molecule has 0 fully saturated rings. The molecule has 24 heavy (non-hydrogen) atoms. The fraction of sp³-hybridized carbons (Fsp3) is 0.100. The molecule has 120 valence electrons. The Labute approximate surface area is 142 Å². The van der Waals surface area contributed by atoms with Crippen LogP contribution in [-0.4, -0.2) is 16.6 Å². The van der Waals surface area contributed by atoms with Gasteiger partial charge in [0.1, 0.15) is 5.76 Å². The Bertz CT molecular complexity index is 747. The summed E-state index contributed by atoms with van der Waals surface area (Å²) in [6.45, 7) is 6.38. The van der Waals surface area contributed by atoms with Gasteiger partial charge in [-0.05, 0) is 31.2 Å². The van der Waals surface area contributed by atoms with Crippen molar-refractivity contribution in [2.45, 2.75) is 6.92 Å². The minimum absolute atomic E-state index is 0.570. The van der Waals surface area contributed by atoms with Crippen LogP contribution in [0, 0.1) is 0 Å². The summed E-state index contributed by atoms with van der Waals surface area (Å²) in [6, 6.07) is 20.1. The largest absolute Gasteiger partial charge is 0.494 e. The Balaban J connectivity index is 1.99. The molecule has 0 atom stereocenters. The van der Waals surface area contributed by atoms with Crippen molar-refractivity contribution in [2.75, 3.05) is 11.5 Å². The van der Waals surface area contributed by atoms with Gasteiger partial charge in [0.05, 0.1) is 12.2 Å². The van der Waals surface area contributed by atoms with Gasteiger partial charge in [0, 0.05) is 23.8 Å². The summed E-state index contributed by atoms with van der Waals surface area (Å²) in [5.74, 6) is 1.18. The first-order valence-electron chi connectivity index (χ1n) is 7.84. The van der Waals surface area contributed by atoms with E-state index in [2.05, 4.69) is 16.5 Å². The van der Waals surface area contributed by atoms with E-state index < -0.39 is 0 Å². The summed E-state index contributed by atoms with van der Waals surface area (Å²) >= 11 is 0. The average molecular weight is 317 g/mol. The van der Waals surface area contributed by atoms with E-state index >= 15 is 0 Å². The number of nitrogens with zero attached hydrogens (tertiary/aromatic N) is 3. The third-order valence-electron chi connectivity index (χ3n) is 3.51. The maximum atomic E-state index is 5.41. The normalized spacial score (nSPS) is 10.2. The highest BCUT2D eigenvalue weighted by Crippen LogP contribution is 2.31. The highest BCUT2D eigenvalue weighted by atomic mass is 16.5. The molecule has 0 amide bonds. The van der Waals surface area contributed by atoms with Crippen LogP contribution in [-0.2, 0) is 4.74 Å². The zero-order valence-corrected chi connectivity index (χ0v) is 13.6. The Morgan fingerprint density at radius 1 is 0.917 bits per heavy atom. The van der Waals surface area contributed by atoms with Crippen LogP contribution in [0.3, 0.4) is 0 Å². The van der Waals surface area contributed by atoms with Crippen LogP contribution in [0.2, 0.25) is 0 Å². The fourth-order valence-corrected chi connectivity index (χ4v) is 2.37. The number of hydrogen-bond donors (Lipinski definition) is 0. The molecule has 3 aromatic rings. The first-order chi connectivity index (χ1) is 11.8. The second-order valence-corrected chi connectivity index (χ2v) is 5.13. The molecule has 4 heteroatoms. The summed E-state index contributed by atoms with van der Waals surface area (Å²) in [5, 5.41) is 0. The van der Waals surface area contributed by atoms with Crippen LogP contribution < -0.4 is 4.90 Å². The van der Waals surface area contributed by atoms with Gasteiger partial charge in [-0.3, -0.25) is 4.90 Å². The third kappa shape index (κ3) is 3.43.